The second kappa shape index (κ2) is 15.4. The van der Waals surface area contributed by atoms with Crippen LogP contribution in [0.3, 0.4) is 0 Å². The van der Waals surface area contributed by atoms with E-state index in [-0.39, 0.29) is 0 Å². The first-order valence-corrected chi connectivity index (χ1v) is 12.6. The minimum atomic E-state index is 0.434. The Morgan fingerprint density at radius 3 is 1.62 bits per heavy atom. The molecule has 1 aliphatic rings. The first-order valence-electron chi connectivity index (χ1n) is 12.6. The van der Waals surface area contributed by atoms with Gasteiger partial charge in [0.1, 0.15) is 6.17 Å². The molecule has 0 saturated heterocycles. The number of hydrogen-bond acceptors (Lipinski definition) is 2. The standard InChI is InChI=1S/C27H46N2/c1-3-4-5-6-7-8-9-10-11-12-13-14-15-16-20-23-28-24-25-29(26(28)2)27-21-18-17-19-22-27/h17-19,21-22,24-26H,3-16,20,23H2,1-2H3. The first kappa shape index (κ1) is 23.8. The van der Waals surface area contributed by atoms with E-state index in [0.717, 1.165) is 0 Å². The van der Waals surface area contributed by atoms with Gasteiger partial charge in [-0.15, -0.1) is 0 Å². The Balaban J connectivity index is 1.37. The molecule has 164 valence electrons. The highest BCUT2D eigenvalue weighted by atomic mass is 15.4. The quantitative estimate of drug-likeness (QED) is 0.243. The van der Waals surface area contributed by atoms with Crippen molar-refractivity contribution in [1.29, 1.82) is 0 Å². The van der Waals surface area contributed by atoms with Crippen molar-refractivity contribution in [3.05, 3.63) is 42.7 Å². The molecule has 1 aromatic rings. The van der Waals surface area contributed by atoms with Crippen LogP contribution in [0.2, 0.25) is 0 Å². The Kier molecular flexibility index (Phi) is 12.7. The molecular formula is C27H46N2. The predicted octanol–water partition coefficient (Wildman–Crippen LogP) is 8.50. The normalized spacial score (nSPS) is 16.1. The van der Waals surface area contributed by atoms with Gasteiger partial charge in [-0.3, -0.25) is 0 Å². The fraction of sp³-hybridized carbons (Fsp3) is 0.704. The smallest absolute Gasteiger partial charge is 0.102 e. The third kappa shape index (κ3) is 9.74. The molecule has 1 aromatic carbocycles. The molecule has 0 radical (unpaired) electrons. The van der Waals surface area contributed by atoms with Gasteiger partial charge in [0.15, 0.2) is 0 Å². The molecular weight excluding hydrogens is 352 g/mol. The number of anilines is 1. The zero-order chi connectivity index (χ0) is 20.6. The molecule has 1 heterocycles. The van der Waals surface area contributed by atoms with Gasteiger partial charge in [-0.05, 0) is 25.5 Å². The van der Waals surface area contributed by atoms with Crippen LogP contribution in [-0.4, -0.2) is 17.6 Å². The summed E-state index contributed by atoms with van der Waals surface area (Å²) in [7, 11) is 0. The summed E-state index contributed by atoms with van der Waals surface area (Å²) in [5.74, 6) is 0. The average molecular weight is 399 g/mol. The summed E-state index contributed by atoms with van der Waals surface area (Å²) in [6, 6.07) is 10.7. The predicted molar refractivity (Wildman–Crippen MR) is 129 cm³/mol. The summed E-state index contributed by atoms with van der Waals surface area (Å²) in [6.07, 6.45) is 26.4. The van der Waals surface area contributed by atoms with E-state index in [1.54, 1.807) is 0 Å². The van der Waals surface area contributed by atoms with Crippen LogP contribution in [0.15, 0.2) is 42.7 Å². The van der Waals surface area contributed by atoms with Crippen molar-refractivity contribution >= 4 is 5.69 Å². The lowest BCUT2D eigenvalue weighted by atomic mass is 10.0. The van der Waals surface area contributed by atoms with Crippen LogP contribution in [0.5, 0.6) is 0 Å². The summed E-state index contributed by atoms with van der Waals surface area (Å²) in [5, 5.41) is 0. The molecule has 0 spiro atoms. The van der Waals surface area contributed by atoms with Gasteiger partial charge < -0.3 is 9.80 Å². The van der Waals surface area contributed by atoms with Gasteiger partial charge in [-0.2, -0.15) is 0 Å². The molecule has 0 bridgehead atoms. The van der Waals surface area contributed by atoms with Crippen LogP contribution < -0.4 is 4.90 Å². The monoisotopic (exact) mass is 398 g/mol. The molecule has 0 N–H and O–H groups in total. The van der Waals surface area contributed by atoms with Gasteiger partial charge in [-0.25, -0.2) is 0 Å². The zero-order valence-electron chi connectivity index (χ0n) is 19.3. The van der Waals surface area contributed by atoms with Gasteiger partial charge in [0, 0.05) is 24.6 Å². The van der Waals surface area contributed by atoms with Gasteiger partial charge in [0.25, 0.3) is 0 Å². The van der Waals surface area contributed by atoms with Crippen molar-refractivity contribution < 1.29 is 0 Å². The Morgan fingerprint density at radius 1 is 0.621 bits per heavy atom. The number of benzene rings is 1. The Morgan fingerprint density at radius 2 is 1.10 bits per heavy atom. The Bertz CT molecular complexity index is 525. The fourth-order valence-corrected chi connectivity index (χ4v) is 4.40. The number of hydrogen-bond donors (Lipinski definition) is 0. The lowest BCUT2D eigenvalue weighted by Gasteiger charge is -2.29. The summed E-state index contributed by atoms with van der Waals surface area (Å²) in [6.45, 7) is 5.78. The molecule has 0 aliphatic carbocycles. The maximum Gasteiger partial charge on any atom is 0.102 e. The highest BCUT2D eigenvalue weighted by molar-refractivity contribution is 5.51. The SMILES string of the molecule is CCCCCCCCCCCCCCCCCN1C=CN(c2ccccc2)C1C. The molecule has 0 saturated carbocycles. The molecule has 1 aliphatic heterocycles. The van der Waals surface area contributed by atoms with Crippen molar-refractivity contribution in [2.45, 2.75) is 116 Å². The van der Waals surface area contributed by atoms with E-state index < -0.39 is 0 Å². The summed E-state index contributed by atoms with van der Waals surface area (Å²) >= 11 is 0. The second-order valence-electron chi connectivity index (χ2n) is 8.86. The molecule has 0 aromatic heterocycles. The number of unbranched alkanes of at least 4 members (excludes halogenated alkanes) is 14. The molecule has 1 unspecified atom stereocenters. The third-order valence-corrected chi connectivity index (χ3v) is 6.38. The molecule has 29 heavy (non-hydrogen) atoms. The summed E-state index contributed by atoms with van der Waals surface area (Å²) < 4.78 is 0. The molecule has 2 nitrogen and oxygen atoms in total. The van der Waals surface area contributed by atoms with Gasteiger partial charge in [0.2, 0.25) is 0 Å². The van der Waals surface area contributed by atoms with Gasteiger partial charge >= 0.3 is 0 Å². The molecule has 0 fully saturated rings. The van der Waals surface area contributed by atoms with Crippen LogP contribution in [0.25, 0.3) is 0 Å². The second-order valence-corrected chi connectivity index (χ2v) is 8.86. The van der Waals surface area contributed by atoms with E-state index in [4.69, 9.17) is 0 Å². The minimum absolute atomic E-state index is 0.434. The van der Waals surface area contributed by atoms with Crippen LogP contribution in [0, 0.1) is 0 Å². The number of para-hydroxylation sites is 1. The largest absolute Gasteiger partial charge is 0.356 e. The molecule has 0 amide bonds. The van der Waals surface area contributed by atoms with E-state index in [1.165, 1.54) is 109 Å². The van der Waals surface area contributed by atoms with E-state index in [2.05, 4.69) is 66.4 Å². The lowest BCUT2D eigenvalue weighted by molar-refractivity contribution is 0.309. The Hall–Kier alpha value is -1.44. The van der Waals surface area contributed by atoms with Crippen molar-refractivity contribution in [3.63, 3.8) is 0 Å². The minimum Gasteiger partial charge on any atom is -0.356 e. The van der Waals surface area contributed by atoms with E-state index in [9.17, 15) is 0 Å². The topological polar surface area (TPSA) is 6.48 Å². The molecule has 1 atom stereocenters. The maximum atomic E-state index is 2.48. The van der Waals surface area contributed by atoms with Crippen LogP contribution in [0.4, 0.5) is 5.69 Å². The number of rotatable bonds is 17. The first-order chi connectivity index (χ1) is 14.3. The van der Waals surface area contributed by atoms with Crippen LogP contribution in [0.1, 0.15) is 110 Å². The highest BCUT2D eigenvalue weighted by Crippen LogP contribution is 2.24. The van der Waals surface area contributed by atoms with Crippen LogP contribution >= 0.6 is 0 Å². The average Bonchev–Trinajstić information content (AvgIpc) is 3.12. The van der Waals surface area contributed by atoms with E-state index >= 15 is 0 Å². The molecule has 2 heteroatoms. The summed E-state index contributed by atoms with van der Waals surface area (Å²) in [4.78, 5) is 4.85. The van der Waals surface area contributed by atoms with Crippen molar-refractivity contribution in [2.24, 2.45) is 0 Å². The number of nitrogens with zero attached hydrogens (tertiary/aromatic N) is 2. The van der Waals surface area contributed by atoms with Crippen LogP contribution in [-0.2, 0) is 0 Å². The maximum absolute atomic E-state index is 2.48. The highest BCUT2D eigenvalue weighted by Gasteiger charge is 2.22. The van der Waals surface area contributed by atoms with Crippen molar-refractivity contribution in [3.8, 4) is 0 Å². The van der Waals surface area contributed by atoms with Crippen molar-refractivity contribution in [2.75, 3.05) is 11.4 Å². The van der Waals surface area contributed by atoms with Crippen molar-refractivity contribution in [1.82, 2.24) is 4.90 Å². The van der Waals surface area contributed by atoms with Gasteiger partial charge in [0.05, 0.1) is 0 Å². The van der Waals surface area contributed by atoms with E-state index in [0.29, 0.717) is 6.17 Å². The van der Waals surface area contributed by atoms with E-state index in [1.807, 2.05) is 0 Å². The third-order valence-electron chi connectivity index (χ3n) is 6.38. The Labute approximate surface area is 181 Å². The zero-order valence-corrected chi connectivity index (χ0v) is 19.3. The molecule has 2 rings (SSSR count). The summed E-state index contributed by atoms with van der Waals surface area (Å²) in [5.41, 5.74) is 1.29. The fourth-order valence-electron chi connectivity index (χ4n) is 4.40. The lowest BCUT2D eigenvalue weighted by Crippen LogP contribution is -2.36. The van der Waals surface area contributed by atoms with Gasteiger partial charge in [-0.1, -0.05) is 115 Å².